The topological polar surface area (TPSA) is 86.3 Å². The van der Waals surface area contributed by atoms with Crippen molar-refractivity contribution in [3.05, 3.63) is 30.0 Å². The van der Waals surface area contributed by atoms with E-state index in [4.69, 9.17) is 0 Å². The third-order valence-electron chi connectivity index (χ3n) is 3.36. The maximum atomic E-state index is 12.5. The number of nitrogens with one attached hydrogen (secondary N) is 1. The molecule has 0 spiro atoms. The Kier molecular flexibility index (Phi) is 3.35. The number of aromatic amines is 1. The third kappa shape index (κ3) is 2.24. The number of rotatable bonds is 2. The van der Waals surface area contributed by atoms with E-state index in [9.17, 15) is 14.7 Å². The summed E-state index contributed by atoms with van der Waals surface area (Å²) in [5, 5.41) is 16.9. The fourth-order valence-corrected chi connectivity index (χ4v) is 3.33. The van der Waals surface area contributed by atoms with Crippen LogP contribution >= 0.6 is 11.8 Å². The summed E-state index contributed by atoms with van der Waals surface area (Å²) >= 11 is 1.56. The van der Waals surface area contributed by atoms with Gasteiger partial charge in [-0.15, -0.1) is 0 Å². The molecule has 1 unspecified atom stereocenters. The molecule has 0 radical (unpaired) electrons. The van der Waals surface area contributed by atoms with Crippen molar-refractivity contribution in [3.8, 4) is 0 Å². The van der Waals surface area contributed by atoms with Crippen LogP contribution in [0.4, 0.5) is 0 Å². The Morgan fingerprint density at radius 1 is 1.45 bits per heavy atom. The average Bonchev–Trinajstić information content (AvgIpc) is 2.93. The zero-order chi connectivity index (χ0) is 14.1. The van der Waals surface area contributed by atoms with Crippen molar-refractivity contribution in [1.29, 1.82) is 0 Å². The first-order valence-electron chi connectivity index (χ1n) is 6.21. The molecule has 3 rings (SSSR count). The molecule has 1 atom stereocenters. The predicted molar refractivity (Wildman–Crippen MR) is 75.9 cm³/mol. The first kappa shape index (κ1) is 13.0. The van der Waals surface area contributed by atoms with Crippen molar-refractivity contribution in [1.82, 2.24) is 15.1 Å². The Hall–Kier alpha value is -2.02. The normalized spacial score (nSPS) is 19.2. The number of fused-ring (bicyclic) bond motifs is 1. The van der Waals surface area contributed by atoms with Gasteiger partial charge in [0.15, 0.2) is 0 Å². The minimum Gasteiger partial charge on any atom is -0.480 e. The highest BCUT2D eigenvalue weighted by Gasteiger charge is 2.32. The van der Waals surface area contributed by atoms with Crippen LogP contribution in [0.3, 0.4) is 0 Å². The molecule has 0 aliphatic carbocycles. The minimum atomic E-state index is -0.951. The number of benzene rings is 1. The van der Waals surface area contributed by atoms with Gasteiger partial charge >= 0.3 is 5.97 Å². The molecule has 0 bridgehead atoms. The van der Waals surface area contributed by atoms with Crippen molar-refractivity contribution in [2.75, 3.05) is 18.1 Å². The van der Waals surface area contributed by atoms with Crippen LogP contribution in [-0.4, -0.2) is 56.2 Å². The number of hydrogen-bond acceptors (Lipinski definition) is 4. The van der Waals surface area contributed by atoms with Crippen molar-refractivity contribution < 1.29 is 14.7 Å². The second kappa shape index (κ2) is 5.16. The second-order valence-electron chi connectivity index (χ2n) is 4.60. The van der Waals surface area contributed by atoms with E-state index in [1.807, 2.05) is 0 Å². The zero-order valence-electron chi connectivity index (χ0n) is 10.6. The molecule has 2 N–H and O–H groups in total. The summed E-state index contributed by atoms with van der Waals surface area (Å²) in [4.78, 5) is 25.2. The van der Waals surface area contributed by atoms with Crippen molar-refractivity contribution in [3.63, 3.8) is 0 Å². The van der Waals surface area contributed by atoms with Gasteiger partial charge < -0.3 is 10.0 Å². The Labute approximate surface area is 119 Å². The zero-order valence-corrected chi connectivity index (χ0v) is 11.4. The summed E-state index contributed by atoms with van der Waals surface area (Å²) in [6, 6.07) is 4.48. The van der Waals surface area contributed by atoms with Crippen LogP contribution in [0.1, 0.15) is 10.4 Å². The monoisotopic (exact) mass is 291 g/mol. The smallest absolute Gasteiger partial charge is 0.327 e. The molecule has 1 amide bonds. The van der Waals surface area contributed by atoms with Gasteiger partial charge in [0.25, 0.3) is 5.91 Å². The van der Waals surface area contributed by atoms with Crippen LogP contribution in [0.15, 0.2) is 24.4 Å². The summed E-state index contributed by atoms with van der Waals surface area (Å²) < 4.78 is 0. The Morgan fingerprint density at radius 2 is 2.30 bits per heavy atom. The van der Waals surface area contributed by atoms with E-state index in [0.29, 0.717) is 17.9 Å². The molecule has 6 nitrogen and oxygen atoms in total. The Morgan fingerprint density at radius 3 is 3.10 bits per heavy atom. The summed E-state index contributed by atoms with van der Waals surface area (Å²) in [6.07, 6.45) is 1.68. The van der Waals surface area contributed by atoms with Crippen LogP contribution < -0.4 is 0 Å². The summed E-state index contributed by atoms with van der Waals surface area (Å²) in [5.74, 6) is 0.0113. The number of carbonyl (C=O) groups excluding carboxylic acids is 1. The molecule has 1 aliphatic heterocycles. The molecule has 1 aromatic heterocycles. The van der Waals surface area contributed by atoms with E-state index in [0.717, 1.165) is 16.7 Å². The number of nitrogens with zero attached hydrogens (tertiary/aromatic N) is 2. The first-order chi connectivity index (χ1) is 9.66. The van der Waals surface area contributed by atoms with E-state index in [1.165, 1.54) is 4.90 Å². The minimum absolute atomic E-state index is 0.241. The van der Waals surface area contributed by atoms with Crippen LogP contribution in [0.5, 0.6) is 0 Å². The molecule has 1 fully saturated rings. The standard InChI is InChI=1S/C13H13N3O3S/c17-12(16-3-4-20-7-11(16)13(18)19)8-1-2-9-6-14-15-10(9)5-8/h1-2,5-6,11H,3-4,7H2,(H,14,15)(H,18,19). The quantitative estimate of drug-likeness (QED) is 0.868. The SMILES string of the molecule is O=C(O)C1CSCCN1C(=O)c1ccc2cn[nH]c2c1. The second-order valence-corrected chi connectivity index (χ2v) is 5.75. The maximum Gasteiger partial charge on any atom is 0.327 e. The molecule has 1 aliphatic rings. The van der Waals surface area contributed by atoms with Gasteiger partial charge in [0.1, 0.15) is 6.04 Å². The van der Waals surface area contributed by atoms with Gasteiger partial charge in [0.2, 0.25) is 0 Å². The average molecular weight is 291 g/mol. The number of hydrogen-bond donors (Lipinski definition) is 2. The fraction of sp³-hybridized carbons (Fsp3) is 0.308. The van der Waals surface area contributed by atoms with Gasteiger partial charge in [0, 0.05) is 29.0 Å². The van der Waals surface area contributed by atoms with Gasteiger partial charge in [-0.05, 0) is 12.1 Å². The first-order valence-corrected chi connectivity index (χ1v) is 7.37. The van der Waals surface area contributed by atoms with Crippen LogP contribution in [0.25, 0.3) is 10.9 Å². The number of carbonyl (C=O) groups is 2. The highest BCUT2D eigenvalue weighted by Crippen LogP contribution is 2.21. The Balaban J connectivity index is 1.91. The lowest BCUT2D eigenvalue weighted by atomic mass is 10.1. The number of thioether (sulfide) groups is 1. The maximum absolute atomic E-state index is 12.5. The van der Waals surface area contributed by atoms with E-state index >= 15 is 0 Å². The van der Waals surface area contributed by atoms with Crippen molar-refractivity contribution >= 4 is 34.5 Å². The number of H-pyrrole nitrogens is 1. The van der Waals surface area contributed by atoms with E-state index in [-0.39, 0.29) is 5.91 Å². The van der Waals surface area contributed by atoms with Gasteiger partial charge in [-0.3, -0.25) is 9.89 Å². The fourth-order valence-electron chi connectivity index (χ4n) is 2.29. The largest absolute Gasteiger partial charge is 0.480 e. The molecular weight excluding hydrogens is 278 g/mol. The molecule has 2 heterocycles. The lowest BCUT2D eigenvalue weighted by Gasteiger charge is -2.32. The summed E-state index contributed by atoms with van der Waals surface area (Å²) in [6.45, 7) is 0.460. The lowest BCUT2D eigenvalue weighted by Crippen LogP contribution is -2.50. The van der Waals surface area contributed by atoms with Crippen LogP contribution in [0.2, 0.25) is 0 Å². The highest BCUT2D eigenvalue weighted by atomic mass is 32.2. The third-order valence-corrected chi connectivity index (χ3v) is 4.39. The molecule has 1 aromatic carbocycles. The molecule has 1 saturated heterocycles. The molecule has 0 saturated carbocycles. The number of aromatic nitrogens is 2. The molecular formula is C13H13N3O3S. The van der Waals surface area contributed by atoms with Crippen LogP contribution in [-0.2, 0) is 4.79 Å². The molecule has 2 aromatic rings. The predicted octanol–water partition coefficient (Wildman–Crippen LogP) is 1.21. The summed E-state index contributed by atoms with van der Waals surface area (Å²) in [5.41, 5.74) is 1.26. The Bertz CT molecular complexity index is 670. The van der Waals surface area contributed by atoms with Gasteiger partial charge in [-0.25, -0.2) is 4.79 Å². The van der Waals surface area contributed by atoms with Crippen molar-refractivity contribution in [2.45, 2.75) is 6.04 Å². The number of carboxylic acid groups (broad SMARTS) is 1. The highest BCUT2D eigenvalue weighted by molar-refractivity contribution is 7.99. The lowest BCUT2D eigenvalue weighted by molar-refractivity contribution is -0.141. The van der Waals surface area contributed by atoms with E-state index in [1.54, 1.807) is 36.2 Å². The van der Waals surface area contributed by atoms with E-state index in [2.05, 4.69) is 10.2 Å². The summed E-state index contributed by atoms with van der Waals surface area (Å²) in [7, 11) is 0. The van der Waals surface area contributed by atoms with Crippen LogP contribution in [0, 0.1) is 0 Å². The molecule has 7 heteroatoms. The molecule has 104 valence electrons. The van der Waals surface area contributed by atoms with E-state index < -0.39 is 12.0 Å². The number of aliphatic carboxylic acids is 1. The number of amides is 1. The van der Waals surface area contributed by atoms with Gasteiger partial charge in [0.05, 0.1) is 11.7 Å². The number of carboxylic acids is 1. The van der Waals surface area contributed by atoms with Gasteiger partial charge in [-0.2, -0.15) is 16.9 Å². The van der Waals surface area contributed by atoms with Gasteiger partial charge in [-0.1, -0.05) is 6.07 Å². The molecule has 20 heavy (non-hydrogen) atoms. The van der Waals surface area contributed by atoms with Crippen molar-refractivity contribution in [2.24, 2.45) is 0 Å².